The van der Waals surface area contributed by atoms with Gasteiger partial charge >= 0.3 is 24.4 Å². The molecule has 1 saturated heterocycles. The summed E-state index contributed by atoms with van der Waals surface area (Å²) >= 11 is 6.41. The zero-order valence-electron chi connectivity index (χ0n) is 26.0. The van der Waals surface area contributed by atoms with Crippen LogP contribution in [0.2, 0.25) is 5.02 Å². The lowest BCUT2D eigenvalue weighted by Crippen LogP contribution is -2.52. The summed E-state index contributed by atoms with van der Waals surface area (Å²) in [4.78, 5) is 29.4. The number of hydrogen-bond donors (Lipinski definition) is 0. The topological polar surface area (TPSA) is 71.5 Å². The van der Waals surface area contributed by atoms with Gasteiger partial charge in [0.1, 0.15) is 11.4 Å². The number of anilines is 1. The molecule has 0 aromatic heterocycles. The third kappa shape index (κ3) is 11.4. The number of hydrogen-bond acceptors (Lipinski definition) is 7. The molecule has 3 rings (SSSR count). The van der Waals surface area contributed by atoms with Crippen molar-refractivity contribution in [1.82, 2.24) is 9.80 Å². The second-order valence-corrected chi connectivity index (χ2v) is 12.3. The van der Waals surface area contributed by atoms with Crippen molar-refractivity contribution >= 4 is 29.4 Å². The van der Waals surface area contributed by atoms with Crippen LogP contribution in [0, 0.1) is 0 Å². The van der Waals surface area contributed by atoms with Gasteiger partial charge in [0.05, 0.1) is 7.11 Å². The molecule has 8 nitrogen and oxygen atoms in total. The average Bonchev–Trinajstić information content (AvgIpc) is 2.95. The quantitative estimate of drug-likeness (QED) is 0.183. The lowest BCUT2D eigenvalue weighted by molar-refractivity contribution is -0.308. The molecule has 2 aromatic rings. The minimum atomic E-state index is -5.79. The number of carbonyl (C=O) groups excluding carboxylic acids is 2. The summed E-state index contributed by atoms with van der Waals surface area (Å²) in [6.07, 6.45) is -16.8. The number of benzene rings is 2. The van der Waals surface area contributed by atoms with Crippen LogP contribution >= 0.6 is 11.6 Å². The van der Waals surface area contributed by atoms with Gasteiger partial charge in [-0.15, -0.1) is 0 Å². The summed E-state index contributed by atoms with van der Waals surface area (Å²) < 4.78 is 91.8. The van der Waals surface area contributed by atoms with Crippen LogP contribution in [0.4, 0.5) is 36.8 Å². The Morgan fingerprint density at radius 3 is 2.09 bits per heavy atom. The van der Waals surface area contributed by atoms with Crippen molar-refractivity contribution in [3.05, 3.63) is 58.6 Å². The van der Waals surface area contributed by atoms with E-state index in [-0.39, 0.29) is 38.6 Å². The van der Waals surface area contributed by atoms with Gasteiger partial charge in [0, 0.05) is 62.9 Å². The van der Waals surface area contributed by atoms with Crippen molar-refractivity contribution in [3.63, 3.8) is 0 Å². The molecule has 0 bridgehead atoms. The predicted molar refractivity (Wildman–Crippen MR) is 160 cm³/mol. The molecule has 0 saturated carbocycles. The molecule has 0 atom stereocenters. The first-order valence-electron chi connectivity index (χ1n) is 14.5. The zero-order valence-corrected chi connectivity index (χ0v) is 26.8. The molecular weight excluding hydrogens is 644 g/mol. The molecular formula is C31H38ClF6N3O5. The molecule has 0 unspecified atom stereocenters. The minimum absolute atomic E-state index is 0.129. The molecule has 15 heteroatoms. The molecule has 2 aromatic carbocycles. The van der Waals surface area contributed by atoms with Gasteiger partial charge in [0.2, 0.25) is 0 Å². The van der Waals surface area contributed by atoms with Gasteiger partial charge in [-0.1, -0.05) is 29.8 Å². The molecule has 1 heterocycles. The van der Waals surface area contributed by atoms with Crippen molar-refractivity contribution in [2.45, 2.75) is 70.8 Å². The fourth-order valence-electron chi connectivity index (χ4n) is 4.83. The Balaban J connectivity index is 1.74. The predicted octanol–water partition coefficient (Wildman–Crippen LogP) is 7.22. The Bertz CT molecular complexity index is 1300. The number of piperazine rings is 1. The number of alkyl halides is 6. The van der Waals surface area contributed by atoms with E-state index in [1.54, 1.807) is 40.0 Å². The lowest BCUT2D eigenvalue weighted by atomic mass is 10.1. The van der Waals surface area contributed by atoms with Gasteiger partial charge in [0.25, 0.3) is 6.10 Å². The number of amides is 1. The van der Waals surface area contributed by atoms with E-state index in [0.29, 0.717) is 36.8 Å². The highest BCUT2D eigenvalue weighted by Crippen LogP contribution is 2.36. The van der Waals surface area contributed by atoms with Crippen LogP contribution in [0.5, 0.6) is 5.75 Å². The number of nitrogens with zero attached hydrogens (tertiary/aromatic N) is 3. The van der Waals surface area contributed by atoms with E-state index >= 15 is 0 Å². The number of rotatable bonds is 11. The Morgan fingerprint density at radius 1 is 0.935 bits per heavy atom. The smallest absolute Gasteiger partial charge is 0.434 e. The standard InChI is InChI=1S/C31H38ClF6N3O5/c1-29(2,3)46-26(42)6-5-13-41(19-21-7-11-24(44-4)12-8-21)25-18-23(32)10-9-22(25)20-39-14-16-40(17-15-39)28(43)45-27(30(33,34)35)31(36,37)38/h7-12,18,27H,5-6,13-17,19-20H2,1-4H3. The van der Waals surface area contributed by atoms with Crippen molar-refractivity contribution in [3.8, 4) is 5.75 Å². The number of carbonyl (C=O) groups is 2. The van der Waals surface area contributed by atoms with Crippen molar-refractivity contribution in [2.24, 2.45) is 0 Å². The zero-order chi connectivity index (χ0) is 34.3. The van der Waals surface area contributed by atoms with E-state index < -0.39 is 30.2 Å². The highest BCUT2D eigenvalue weighted by molar-refractivity contribution is 6.30. The summed E-state index contributed by atoms with van der Waals surface area (Å²) in [5.74, 6) is 0.371. The number of halogens is 7. The van der Waals surface area contributed by atoms with Gasteiger partial charge < -0.3 is 24.0 Å². The molecule has 0 aliphatic carbocycles. The van der Waals surface area contributed by atoms with Gasteiger partial charge in [0.15, 0.2) is 0 Å². The maximum absolute atomic E-state index is 12.9. The third-order valence-corrected chi connectivity index (χ3v) is 7.22. The first-order chi connectivity index (χ1) is 21.4. The summed E-state index contributed by atoms with van der Waals surface area (Å²) in [6.45, 7) is 6.77. The molecule has 0 radical (unpaired) electrons. The van der Waals surface area contributed by atoms with Crippen LogP contribution in [0.1, 0.15) is 44.7 Å². The minimum Gasteiger partial charge on any atom is -0.497 e. The molecule has 256 valence electrons. The van der Waals surface area contributed by atoms with E-state index in [2.05, 4.69) is 9.64 Å². The molecule has 1 aliphatic rings. The molecule has 0 N–H and O–H groups in total. The van der Waals surface area contributed by atoms with E-state index in [1.165, 1.54) is 0 Å². The fourth-order valence-corrected chi connectivity index (χ4v) is 5.00. The second kappa shape index (κ2) is 15.5. The number of methoxy groups -OCH3 is 1. The maximum Gasteiger partial charge on any atom is 0.434 e. The van der Waals surface area contributed by atoms with Crippen LogP contribution in [-0.2, 0) is 27.4 Å². The monoisotopic (exact) mass is 681 g/mol. The van der Waals surface area contributed by atoms with E-state index in [0.717, 1.165) is 21.7 Å². The van der Waals surface area contributed by atoms with Crippen LogP contribution in [0.3, 0.4) is 0 Å². The Hall–Kier alpha value is -3.39. The van der Waals surface area contributed by atoms with E-state index in [1.807, 2.05) is 35.2 Å². The van der Waals surface area contributed by atoms with Crippen LogP contribution in [-0.4, -0.2) is 85.8 Å². The van der Waals surface area contributed by atoms with Gasteiger partial charge in [-0.2, -0.15) is 26.3 Å². The summed E-state index contributed by atoms with van der Waals surface area (Å²) in [5.41, 5.74) is 1.99. The third-order valence-electron chi connectivity index (χ3n) is 6.99. The largest absolute Gasteiger partial charge is 0.497 e. The SMILES string of the molecule is COc1ccc(CN(CCCC(=O)OC(C)(C)C)c2cc(Cl)ccc2CN2CCN(C(=O)OC(C(F)(F)F)C(F)(F)F)CC2)cc1. The summed E-state index contributed by atoms with van der Waals surface area (Å²) in [5, 5.41) is 0.474. The molecule has 1 amide bonds. The Morgan fingerprint density at radius 2 is 1.54 bits per heavy atom. The Labute approximate surface area is 269 Å². The average molecular weight is 682 g/mol. The molecule has 1 aliphatic heterocycles. The normalized spacial score (nSPS) is 14.7. The van der Waals surface area contributed by atoms with Crippen molar-refractivity contribution < 1.29 is 50.1 Å². The van der Waals surface area contributed by atoms with Gasteiger partial charge in [-0.05, 0) is 62.6 Å². The number of ether oxygens (including phenoxy) is 3. The highest BCUT2D eigenvalue weighted by atomic mass is 35.5. The maximum atomic E-state index is 12.9. The Kier molecular flexibility index (Phi) is 12.5. The van der Waals surface area contributed by atoms with Crippen LogP contribution in [0.15, 0.2) is 42.5 Å². The van der Waals surface area contributed by atoms with Crippen molar-refractivity contribution in [1.29, 1.82) is 0 Å². The highest BCUT2D eigenvalue weighted by Gasteiger charge is 2.60. The van der Waals surface area contributed by atoms with E-state index in [9.17, 15) is 35.9 Å². The van der Waals surface area contributed by atoms with Gasteiger partial charge in [-0.3, -0.25) is 9.69 Å². The van der Waals surface area contributed by atoms with Crippen LogP contribution in [0.25, 0.3) is 0 Å². The summed E-state index contributed by atoms with van der Waals surface area (Å²) in [7, 11) is 1.57. The molecule has 46 heavy (non-hydrogen) atoms. The van der Waals surface area contributed by atoms with E-state index in [4.69, 9.17) is 21.1 Å². The molecule has 0 spiro atoms. The lowest BCUT2D eigenvalue weighted by Gasteiger charge is -2.36. The fraction of sp³-hybridized carbons (Fsp3) is 0.548. The summed E-state index contributed by atoms with van der Waals surface area (Å²) in [6, 6.07) is 12.9. The molecule has 1 fully saturated rings. The van der Waals surface area contributed by atoms with Gasteiger partial charge in [-0.25, -0.2) is 4.79 Å². The van der Waals surface area contributed by atoms with Crippen LogP contribution < -0.4 is 9.64 Å². The first kappa shape index (κ1) is 37.1. The first-order valence-corrected chi connectivity index (χ1v) is 14.9. The number of esters is 1. The second-order valence-electron chi connectivity index (χ2n) is 11.8. The van der Waals surface area contributed by atoms with Crippen molar-refractivity contribution in [2.75, 3.05) is 44.7 Å².